The van der Waals surface area contributed by atoms with E-state index in [1.165, 1.54) is 6.07 Å². The summed E-state index contributed by atoms with van der Waals surface area (Å²) < 4.78 is 19.4. The number of piperazine rings is 1. The first-order chi connectivity index (χ1) is 9.93. The molecular formula is C15H22FN3O2. The number of amides is 1. The molecule has 1 atom stereocenters. The lowest BCUT2D eigenvalue weighted by Crippen LogP contribution is -2.55. The van der Waals surface area contributed by atoms with Gasteiger partial charge >= 0.3 is 0 Å². The van der Waals surface area contributed by atoms with Crippen LogP contribution < -0.4 is 20.7 Å². The lowest BCUT2D eigenvalue weighted by atomic mass is 10.1. The van der Waals surface area contributed by atoms with Crippen molar-refractivity contribution in [2.24, 2.45) is 0 Å². The van der Waals surface area contributed by atoms with Gasteiger partial charge in [0.15, 0.2) is 11.6 Å². The Hall–Kier alpha value is -1.98. The molecule has 6 heteroatoms. The fourth-order valence-corrected chi connectivity index (χ4v) is 2.56. The van der Waals surface area contributed by atoms with Gasteiger partial charge in [0, 0.05) is 25.2 Å². The van der Waals surface area contributed by atoms with Gasteiger partial charge < -0.3 is 20.7 Å². The molecule has 1 saturated heterocycles. The second-order valence-electron chi connectivity index (χ2n) is 5.42. The van der Waals surface area contributed by atoms with Crippen molar-refractivity contribution in [2.75, 3.05) is 23.7 Å². The molecule has 1 fully saturated rings. The molecule has 1 heterocycles. The van der Waals surface area contributed by atoms with Crippen LogP contribution in [0, 0.1) is 5.82 Å². The van der Waals surface area contributed by atoms with Crippen molar-refractivity contribution in [1.82, 2.24) is 5.32 Å². The van der Waals surface area contributed by atoms with E-state index < -0.39 is 5.82 Å². The normalized spacial score (nSPS) is 18.8. The Morgan fingerprint density at radius 2 is 2.24 bits per heavy atom. The maximum absolute atomic E-state index is 13.9. The zero-order valence-electron chi connectivity index (χ0n) is 12.6. The topological polar surface area (TPSA) is 67.6 Å². The summed E-state index contributed by atoms with van der Waals surface area (Å²) in [6.07, 6.45) is 0.519. The van der Waals surface area contributed by atoms with Crippen LogP contribution in [0.25, 0.3) is 0 Å². The molecule has 0 radical (unpaired) electrons. The third kappa shape index (κ3) is 3.20. The molecule has 21 heavy (non-hydrogen) atoms. The molecule has 5 nitrogen and oxygen atoms in total. The molecular weight excluding hydrogens is 273 g/mol. The summed E-state index contributed by atoms with van der Waals surface area (Å²) in [5.74, 6) is -0.353. The van der Waals surface area contributed by atoms with E-state index in [-0.39, 0.29) is 23.8 Å². The summed E-state index contributed by atoms with van der Waals surface area (Å²) in [5.41, 5.74) is 6.91. The molecule has 3 N–H and O–H groups in total. The molecule has 1 aliphatic heterocycles. The monoisotopic (exact) mass is 295 g/mol. The Bertz CT molecular complexity index is 534. The molecule has 116 valence electrons. The number of carbonyl (C=O) groups is 1. The molecule has 1 unspecified atom stereocenters. The van der Waals surface area contributed by atoms with Crippen LogP contribution in [0.4, 0.5) is 15.8 Å². The average Bonchev–Trinajstić information content (AvgIpc) is 2.41. The van der Waals surface area contributed by atoms with Gasteiger partial charge in [0.05, 0.1) is 17.5 Å². The Morgan fingerprint density at radius 1 is 1.52 bits per heavy atom. The van der Waals surface area contributed by atoms with Crippen LogP contribution in [0.3, 0.4) is 0 Å². The van der Waals surface area contributed by atoms with Crippen LogP contribution >= 0.6 is 0 Å². The number of rotatable bonds is 4. The van der Waals surface area contributed by atoms with Gasteiger partial charge in [-0.15, -0.1) is 0 Å². The highest BCUT2D eigenvalue weighted by Crippen LogP contribution is 2.33. The molecule has 1 aromatic carbocycles. The largest absolute Gasteiger partial charge is 0.488 e. The fourth-order valence-electron chi connectivity index (χ4n) is 2.56. The third-order valence-electron chi connectivity index (χ3n) is 3.47. The summed E-state index contributed by atoms with van der Waals surface area (Å²) in [4.78, 5) is 13.9. The van der Waals surface area contributed by atoms with Gasteiger partial charge in [-0.25, -0.2) is 4.39 Å². The van der Waals surface area contributed by atoms with Gasteiger partial charge in [0.1, 0.15) is 6.04 Å². The summed E-state index contributed by atoms with van der Waals surface area (Å²) in [6.45, 7) is 6.79. The standard InChI is InChI=1S/C15H22FN3O2/c1-4-12-15(20)18-5-6-19(12)13-8-14(21-9(2)3)10(16)7-11(13)17/h7-9,12H,4-6,17H2,1-3H3,(H,18,20). The van der Waals surface area contributed by atoms with Crippen molar-refractivity contribution >= 4 is 17.3 Å². The van der Waals surface area contributed by atoms with Gasteiger partial charge in [-0.3, -0.25) is 4.79 Å². The van der Waals surface area contributed by atoms with Gasteiger partial charge in [-0.05, 0) is 20.3 Å². The van der Waals surface area contributed by atoms with E-state index in [0.29, 0.717) is 30.9 Å². The predicted octanol–water partition coefficient (Wildman–Crippen LogP) is 1.91. The Balaban J connectivity index is 2.39. The maximum atomic E-state index is 13.9. The van der Waals surface area contributed by atoms with Gasteiger partial charge in [0.2, 0.25) is 5.91 Å². The molecule has 0 aliphatic carbocycles. The maximum Gasteiger partial charge on any atom is 0.242 e. The van der Waals surface area contributed by atoms with Crippen LogP contribution in [-0.4, -0.2) is 31.1 Å². The smallest absolute Gasteiger partial charge is 0.242 e. The van der Waals surface area contributed by atoms with Crippen molar-refractivity contribution in [3.05, 3.63) is 17.9 Å². The molecule has 1 aromatic rings. The molecule has 1 aliphatic rings. The second kappa shape index (κ2) is 6.20. The molecule has 1 amide bonds. The molecule has 0 spiro atoms. The van der Waals surface area contributed by atoms with Gasteiger partial charge in [-0.2, -0.15) is 0 Å². The Morgan fingerprint density at radius 3 is 2.86 bits per heavy atom. The Kier molecular flexibility index (Phi) is 4.55. The quantitative estimate of drug-likeness (QED) is 0.833. The number of anilines is 2. The SMILES string of the molecule is CCC1C(=O)NCCN1c1cc(OC(C)C)c(F)cc1N. The summed E-state index contributed by atoms with van der Waals surface area (Å²) in [6, 6.07) is 2.55. The van der Waals surface area contributed by atoms with Gasteiger partial charge in [0.25, 0.3) is 0 Å². The minimum Gasteiger partial charge on any atom is -0.488 e. The van der Waals surface area contributed by atoms with Crippen LogP contribution in [0.15, 0.2) is 12.1 Å². The fraction of sp³-hybridized carbons (Fsp3) is 0.533. The minimum atomic E-state index is -0.487. The van der Waals surface area contributed by atoms with Gasteiger partial charge in [-0.1, -0.05) is 6.92 Å². The highest BCUT2D eigenvalue weighted by Gasteiger charge is 2.30. The van der Waals surface area contributed by atoms with E-state index in [4.69, 9.17) is 10.5 Å². The number of ether oxygens (including phenoxy) is 1. The van der Waals surface area contributed by atoms with Crippen molar-refractivity contribution in [3.8, 4) is 5.75 Å². The van der Waals surface area contributed by atoms with Crippen molar-refractivity contribution in [1.29, 1.82) is 0 Å². The first kappa shape index (κ1) is 15.4. The van der Waals surface area contributed by atoms with Crippen molar-refractivity contribution in [2.45, 2.75) is 39.3 Å². The Labute approximate surface area is 124 Å². The highest BCUT2D eigenvalue weighted by atomic mass is 19.1. The number of benzene rings is 1. The molecule has 0 saturated carbocycles. The first-order valence-electron chi connectivity index (χ1n) is 7.24. The summed E-state index contributed by atoms with van der Waals surface area (Å²) >= 11 is 0. The zero-order valence-corrected chi connectivity index (χ0v) is 12.6. The first-order valence-corrected chi connectivity index (χ1v) is 7.24. The molecule has 0 bridgehead atoms. The summed E-state index contributed by atoms with van der Waals surface area (Å²) in [7, 11) is 0. The van der Waals surface area contributed by atoms with Crippen molar-refractivity contribution < 1.29 is 13.9 Å². The second-order valence-corrected chi connectivity index (χ2v) is 5.42. The van der Waals surface area contributed by atoms with E-state index in [9.17, 15) is 9.18 Å². The number of nitrogens with zero attached hydrogens (tertiary/aromatic N) is 1. The van der Waals surface area contributed by atoms with Crippen LogP contribution in [0.2, 0.25) is 0 Å². The zero-order chi connectivity index (χ0) is 15.6. The lowest BCUT2D eigenvalue weighted by molar-refractivity contribution is -0.123. The molecule has 2 rings (SSSR count). The number of halogens is 1. The van der Waals surface area contributed by atoms with E-state index in [1.54, 1.807) is 6.07 Å². The number of hydrogen-bond donors (Lipinski definition) is 2. The van der Waals surface area contributed by atoms with Crippen LogP contribution in [-0.2, 0) is 4.79 Å². The summed E-state index contributed by atoms with van der Waals surface area (Å²) in [5, 5.41) is 2.83. The number of nitrogen functional groups attached to an aromatic ring is 1. The van der Waals surface area contributed by atoms with E-state index in [0.717, 1.165) is 0 Å². The van der Waals surface area contributed by atoms with Crippen LogP contribution in [0.1, 0.15) is 27.2 Å². The van der Waals surface area contributed by atoms with E-state index in [1.807, 2.05) is 25.7 Å². The number of nitrogens with one attached hydrogen (secondary N) is 1. The van der Waals surface area contributed by atoms with Crippen LogP contribution in [0.5, 0.6) is 5.75 Å². The highest BCUT2D eigenvalue weighted by molar-refractivity contribution is 5.88. The van der Waals surface area contributed by atoms with E-state index >= 15 is 0 Å². The average molecular weight is 295 g/mol. The number of nitrogens with two attached hydrogens (primary N) is 1. The number of hydrogen-bond acceptors (Lipinski definition) is 4. The number of carbonyl (C=O) groups excluding carboxylic acids is 1. The van der Waals surface area contributed by atoms with Crippen molar-refractivity contribution in [3.63, 3.8) is 0 Å². The van der Waals surface area contributed by atoms with E-state index in [2.05, 4.69) is 5.32 Å². The minimum absolute atomic E-state index is 0.0289. The lowest BCUT2D eigenvalue weighted by Gasteiger charge is -2.37. The predicted molar refractivity (Wildman–Crippen MR) is 81.0 cm³/mol. The molecule has 0 aromatic heterocycles. The third-order valence-corrected chi connectivity index (χ3v) is 3.47.